The van der Waals surface area contributed by atoms with Crippen LogP contribution in [0.25, 0.3) is 0 Å². The molecule has 0 bridgehead atoms. The number of hydrogen-bond donors (Lipinski definition) is 2. The first-order valence-electron chi connectivity index (χ1n) is 4.84. The number of esters is 1. The first-order valence-corrected chi connectivity index (χ1v) is 4.84. The van der Waals surface area contributed by atoms with Gasteiger partial charge in [0.2, 0.25) is 0 Å². The molecule has 1 aromatic carbocycles. The van der Waals surface area contributed by atoms with Crippen molar-refractivity contribution in [2.24, 2.45) is 5.73 Å². The highest BCUT2D eigenvalue weighted by atomic mass is 35.5. The van der Waals surface area contributed by atoms with Gasteiger partial charge in [0.25, 0.3) is 0 Å². The Hall–Kier alpha value is -1.75. The van der Waals surface area contributed by atoms with Gasteiger partial charge in [-0.05, 0) is 5.56 Å². The molecular formula is C11H16ClN3O2. The van der Waals surface area contributed by atoms with Crippen LogP contribution in [0.2, 0.25) is 0 Å². The summed E-state index contributed by atoms with van der Waals surface area (Å²) in [7, 11) is 1.56. The van der Waals surface area contributed by atoms with E-state index in [9.17, 15) is 4.79 Å². The number of hydrogen-bond acceptors (Lipinski definition) is 3. The van der Waals surface area contributed by atoms with Crippen molar-refractivity contribution in [2.75, 3.05) is 13.6 Å². The molecule has 94 valence electrons. The molecule has 3 N–H and O–H groups in total. The Labute approximate surface area is 106 Å². The van der Waals surface area contributed by atoms with Crippen LogP contribution in [-0.4, -0.2) is 30.4 Å². The van der Waals surface area contributed by atoms with Crippen LogP contribution < -0.4 is 5.73 Å². The van der Waals surface area contributed by atoms with Crippen molar-refractivity contribution in [1.82, 2.24) is 4.90 Å². The number of rotatable bonds is 4. The standard InChI is InChI=1S/C11H15N3O2.ClH/c1-14(11(12)13)7-10(15)16-8-9-5-3-2-4-6-9;/h2-6H,7-8H2,1H3,(H3,12,13);1H. The van der Waals surface area contributed by atoms with Crippen LogP contribution >= 0.6 is 12.4 Å². The molecule has 0 spiro atoms. The van der Waals surface area contributed by atoms with E-state index < -0.39 is 5.97 Å². The zero-order chi connectivity index (χ0) is 12.0. The lowest BCUT2D eigenvalue weighted by atomic mass is 10.2. The Morgan fingerprint density at radius 3 is 2.53 bits per heavy atom. The third-order valence-corrected chi connectivity index (χ3v) is 2.02. The first-order chi connectivity index (χ1) is 7.59. The van der Waals surface area contributed by atoms with E-state index in [-0.39, 0.29) is 31.5 Å². The predicted octanol–water partition coefficient (Wildman–Crippen LogP) is 0.977. The van der Waals surface area contributed by atoms with Gasteiger partial charge in [0.15, 0.2) is 5.96 Å². The molecule has 0 aliphatic rings. The van der Waals surface area contributed by atoms with Crippen molar-refractivity contribution < 1.29 is 9.53 Å². The minimum absolute atomic E-state index is 0. The van der Waals surface area contributed by atoms with E-state index in [4.69, 9.17) is 15.9 Å². The maximum Gasteiger partial charge on any atom is 0.325 e. The van der Waals surface area contributed by atoms with Gasteiger partial charge in [-0.2, -0.15) is 0 Å². The summed E-state index contributed by atoms with van der Waals surface area (Å²) in [5.41, 5.74) is 6.12. The van der Waals surface area contributed by atoms with E-state index >= 15 is 0 Å². The molecule has 0 atom stereocenters. The van der Waals surface area contributed by atoms with Gasteiger partial charge < -0.3 is 15.4 Å². The maximum absolute atomic E-state index is 11.3. The first kappa shape index (κ1) is 15.2. The zero-order valence-corrected chi connectivity index (χ0v) is 10.4. The van der Waals surface area contributed by atoms with Gasteiger partial charge in [-0.15, -0.1) is 12.4 Å². The Balaban J connectivity index is 0.00000256. The van der Waals surface area contributed by atoms with Crippen molar-refractivity contribution in [1.29, 1.82) is 5.41 Å². The molecule has 0 unspecified atom stereocenters. The van der Waals surface area contributed by atoms with Gasteiger partial charge in [0, 0.05) is 7.05 Å². The Kier molecular flexibility index (Phi) is 6.74. The van der Waals surface area contributed by atoms with Crippen molar-refractivity contribution in [3.63, 3.8) is 0 Å². The monoisotopic (exact) mass is 257 g/mol. The second-order valence-electron chi connectivity index (χ2n) is 3.39. The number of nitrogens with two attached hydrogens (primary N) is 1. The average molecular weight is 258 g/mol. The van der Waals surface area contributed by atoms with Gasteiger partial charge in [-0.25, -0.2) is 0 Å². The number of likely N-dealkylation sites (N-methyl/N-ethyl adjacent to an activating group) is 1. The summed E-state index contributed by atoms with van der Waals surface area (Å²) in [6, 6.07) is 9.41. The quantitative estimate of drug-likeness (QED) is 0.479. The van der Waals surface area contributed by atoms with Gasteiger partial charge >= 0.3 is 5.97 Å². The van der Waals surface area contributed by atoms with Crippen LogP contribution in [0.15, 0.2) is 30.3 Å². The molecule has 0 fully saturated rings. The second-order valence-corrected chi connectivity index (χ2v) is 3.39. The minimum atomic E-state index is -0.401. The van der Waals surface area contributed by atoms with E-state index in [1.54, 1.807) is 7.05 Å². The lowest BCUT2D eigenvalue weighted by molar-refractivity contribution is -0.145. The third-order valence-electron chi connectivity index (χ3n) is 2.02. The normalized spacial score (nSPS) is 9.00. The summed E-state index contributed by atoms with van der Waals surface area (Å²) in [4.78, 5) is 12.6. The van der Waals surface area contributed by atoms with Crippen LogP contribution in [0, 0.1) is 5.41 Å². The zero-order valence-electron chi connectivity index (χ0n) is 9.55. The molecule has 0 saturated heterocycles. The topological polar surface area (TPSA) is 79.4 Å². The average Bonchev–Trinajstić information content (AvgIpc) is 2.27. The van der Waals surface area contributed by atoms with Crippen molar-refractivity contribution >= 4 is 24.3 Å². The molecule has 0 heterocycles. The SMILES string of the molecule is CN(CC(=O)OCc1ccccc1)C(=N)N.Cl. The largest absolute Gasteiger partial charge is 0.459 e. The highest BCUT2D eigenvalue weighted by Gasteiger charge is 2.08. The van der Waals surface area contributed by atoms with Gasteiger partial charge in [-0.1, -0.05) is 30.3 Å². The molecule has 1 aromatic rings. The van der Waals surface area contributed by atoms with Crippen molar-refractivity contribution in [3.8, 4) is 0 Å². The number of halogens is 1. The Morgan fingerprint density at radius 2 is 2.00 bits per heavy atom. The molecule has 0 radical (unpaired) electrons. The summed E-state index contributed by atoms with van der Waals surface area (Å²) >= 11 is 0. The second kappa shape index (κ2) is 7.51. The molecule has 17 heavy (non-hydrogen) atoms. The van der Waals surface area contributed by atoms with Crippen LogP contribution in [0.1, 0.15) is 5.56 Å². The summed E-state index contributed by atoms with van der Waals surface area (Å²) in [6.45, 7) is 0.230. The number of carbonyl (C=O) groups excluding carboxylic acids is 1. The molecule has 0 aliphatic heterocycles. The summed E-state index contributed by atoms with van der Waals surface area (Å²) in [5, 5.41) is 7.09. The van der Waals surface area contributed by atoms with E-state index in [2.05, 4.69) is 0 Å². The fraction of sp³-hybridized carbons (Fsp3) is 0.273. The molecule has 0 saturated carbocycles. The predicted molar refractivity (Wildman–Crippen MR) is 68.0 cm³/mol. The maximum atomic E-state index is 11.3. The highest BCUT2D eigenvalue weighted by molar-refractivity contribution is 5.85. The lowest BCUT2D eigenvalue weighted by Crippen LogP contribution is -2.37. The van der Waals surface area contributed by atoms with E-state index in [0.717, 1.165) is 5.56 Å². The van der Waals surface area contributed by atoms with E-state index in [0.29, 0.717) is 0 Å². The number of benzene rings is 1. The Morgan fingerprint density at radius 1 is 1.41 bits per heavy atom. The summed E-state index contributed by atoms with van der Waals surface area (Å²) in [5.74, 6) is -0.557. The van der Waals surface area contributed by atoms with Crippen molar-refractivity contribution in [3.05, 3.63) is 35.9 Å². The third kappa shape index (κ3) is 5.77. The van der Waals surface area contributed by atoms with E-state index in [1.165, 1.54) is 4.90 Å². The molecular weight excluding hydrogens is 242 g/mol. The molecule has 6 heteroatoms. The van der Waals surface area contributed by atoms with Crippen LogP contribution in [0.5, 0.6) is 0 Å². The smallest absolute Gasteiger partial charge is 0.325 e. The van der Waals surface area contributed by atoms with Gasteiger partial charge in [-0.3, -0.25) is 10.2 Å². The number of guanidine groups is 1. The van der Waals surface area contributed by atoms with E-state index in [1.807, 2.05) is 30.3 Å². The van der Waals surface area contributed by atoms with Crippen LogP contribution in [0.4, 0.5) is 0 Å². The molecule has 5 nitrogen and oxygen atoms in total. The Bertz CT molecular complexity index is 370. The van der Waals surface area contributed by atoms with Gasteiger partial charge in [0.1, 0.15) is 13.2 Å². The minimum Gasteiger partial charge on any atom is -0.459 e. The summed E-state index contributed by atoms with van der Waals surface area (Å²) in [6.07, 6.45) is 0. The fourth-order valence-electron chi connectivity index (χ4n) is 1.06. The van der Waals surface area contributed by atoms with Crippen molar-refractivity contribution in [2.45, 2.75) is 6.61 Å². The van der Waals surface area contributed by atoms with Crippen LogP contribution in [0.3, 0.4) is 0 Å². The fourth-order valence-corrected chi connectivity index (χ4v) is 1.06. The number of nitrogens with zero attached hydrogens (tertiary/aromatic N) is 1. The highest BCUT2D eigenvalue weighted by Crippen LogP contribution is 2.00. The van der Waals surface area contributed by atoms with Crippen LogP contribution in [-0.2, 0) is 16.1 Å². The molecule has 0 aliphatic carbocycles. The lowest BCUT2D eigenvalue weighted by Gasteiger charge is -2.15. The number of ether oxygens (including phenoxy) is 1. The molecule has 0 aromatic heterocycles. The number of nitrogens with one attached hydrogen (secondary N) is 1. The summed E-state index contributed by atoms with van der Waals surface area (Å²) < 4.78 is 5.02. The molecule has 0 amide bonds. The number of carbonyl (C=O) groups is 1. The molecule has 1 rings (SSSR count). The van der Waals surface area contributed by atoms with Gasteiger partial charge in [0.05, 0.1) is 0 Å².